The highest BCUT2D eigenvalue weighted by Crippen LogP contribution is 2.22. The van der Waals surface area contributed by atoms with Crippen molar-refractivity contribution < 1.29 is 9.53 Å². The molecule has 1 aromatic heterocycles. The van der Waals surface area contributed by atoms with Gasteiger partial charge in [-0.25, -0.2) is 9.97 Å². The third-order valence-electron chi connectivity index (χ3n) is 2.45. The van der Waals surface area contributed by atoms with Crippen LogP contribution in [0.2, 0.25) is 0 Å². The average molecular weight is 337 g/mol. The fourth-order valence-corrected chi connectivity index (χ4v) is 1.63. The van der Waals surface area contributed by atoms with E-state index in [0.29, 0.717) is 5.75 Å². The Hall–Kier alpha value is -2.15. The van der Waals surface area contributed by atoms with Crippen LogP contribution in [0.5, 0.6) is 11.8 Å². The van der Waals surface area contributed by atoms with Gasteiger partial charge in [0.05, 0.1) is 4.47 Å². The summed E-state index contributed by atoms with van der Waals surface area (Å²) in [6.45, 7) is 1.69. The highest BCUT2D eigenvalue weighted by atomic mass is 79.9. The minimum Gasteiger partial charge on any atom is -0.424 e. The number of nitrogens with two attached hydrogens (primary N) is 1. The van der Waals surface area contributed by atoms with Gasteiger partial charge in [0.25, 0.3) is 0 Å². The Labute approximate surface area is 124 Å². The van der Waals surface area contributed by atoms with Crippen molar-refractivity contribution in [3.8, 4) is 11.8 Å². The molecule has 2 aromatic rings. The molecule has 2 rings (SSSR count). The normalized spacial score (nSPS) is 11.7. The van der Waals surface area contributed by atoms with E-state index in [1.807, 2.05) is 6.07 Å². The molecule has 1 heterocycles. The predicted octanol–water partition coefficient (Wildman–Crippen LogP) is 2.32. The minimum atomic E-state index is -0.464. The molecule has 1 atom stereocenters. The largest absolute Gasteiger partial charge is 0.424 e. The molecule has 6 nitrogen and oxygen atoms in total. The predicted molar refractivity (Wildman–Crippen MR) is 78.5 cm³/mol. The second kappa shape index (κ2) is 6.33. The van der Waals surface area contributed by atoms with Gasteiger partial charge in [-0.1, -0.05) is 6.07 Å². The summed E-state index contributed by atoms with van der Waals surface area (Å²) < 4.78 is 6.29. The maximum Gasteiger partial charge on any atom is 0.321 e. The maximum absolute atomic E-state index is 11.0. The van der Waals surface area contributed by atoms with Crippen molar-refractivity contribution in [2.24, 2.45) is 5.73 Å². The van der Waals surface area contributed by atoms with E-state index in [1.165, 1.54) is 0 Å². The van der Waals surface area contributed by atoms with E-state index < -0.39 is 11.9 Å². The number of hydrogen-bond donors (Lipinski definition) is 2. The standard InChI is InChI=1S/C13H13BrN4O2/c1-8(12(15)19)18-10-3-2-4-11(5-10)20-13-16-6-9(14)7-17-13/h2-8,18H,1H3,(H2,15,19)/t8-/m1/s1. The molecular weight excluding hydrogens is 324 g/mol. The molecule has 0 bridgehead atoms. The number of benzene rings is 1. The van der Waals surface area contributed by atoms with E-state index in [1.54, 1.807) is 37.5 Å². The van der Waals surface area contributed by atoms with Crippen LogP contribution in [0.3, 0.4) is 0 Å². The number of primary amides is 1. The minimum absolute atomic E-state index is 0.244. The van der Waals surface area contributed by atoms with Crippen molar-refractivity contribution in [2.45, 2.75) is 13.0 Å². The van der Waals surface area contributed by atoms with Gasteiger partial charge < -0.3 is 15.8 Å². The van der Waals surface area contributed by atoms with Crippen LogP contribution in [0.15, 0.2) is 41.1 Å². The Bertz CT molecular complexity index is 604. The van der Waals surface area contributed by atoms with Crippen molar-refractivity contribution in [3.05, 3.63) is 41.1 Å². The van der Waals surface area contributed by atoms with Gasteiger partial charge in [0.1, 0.15) is 11.8 Å². The maximum atomic E-state index is 11.0. The van der Waals surface area contributed by atoms with Crippen LogP contribution in [-0.2, 0) is 4.79 Å². The molecule has 0 aliphatic heterocycles. The molecule has 0 radical (unpaired) electrons. The van der Waals surface area contributed by atoms with Gasteiger partial charge in [-0.3, -0.25) is 4.79 Å². The summed E-state index contributed by atoms with van der Waals surface area (Å²) in [5, 5.41) is 2.97. The first-order valence-corrected chi connectivity index (χ1v) is 6.65. The lowest BCUT2D eigenvalue weighted by Gasteiger charge is -2.12. The van der Waals surface area contributed by atoms with E-state index in [9.17, 15) is 4.79 Å². The first-order chi connectivity index (χ1) is 9.54. The fourth-order valence-electron chi connectivity index (χ4n) is 1.43. The molecule has 0 aliphatic rings. The third kappa shape index (κ3) is 3.92. The van der Waals surface area contributed by atoms with Crippen molar-refractivity contribution in [2.75, 3.05) is 5.32 Å². The number of nitrogens with one attached hydrogen (secondary N) is 1. The molecule has 1 amide bonds. The molecule has 104 valence electrons. The number of amides is 1. The molecule has 3 N–H and O–H groups in total. The number of aromatic nitrogens is 2. The summed E-state index contributed by atoms with van der Waals surface area (Å²) >= 11 is 3.25. The Balaban J connectivity index is 2.09. The number of ether oxygens (including phenoxy) is 1. The first kappa shape index (κ1) is 14.3. The molecule has 0 fully saturated rings. The molecule has 0 aliphatic carbocycles. The fraction of sp³-hybridized carbons (Fsp3) is 0.154. The van der Waals surface area contributed by atoms with Crippen LogP contribution in [-0.4, -0.2) is 21.9 Å². The lowest BCUT2D eigenvalue weighted by molar-refractivity contribution is -0.118. The molecule has 1 aromatic carbocycles. The number of hydrogen-bond acceptors (Lipinski definition) is 5. The van der Waals surface area contributed by atoms with Gasteiger partial charge in [0, 0.05) is 24.1 Å². The number of rotatable bonds is 5. The summed E-state index contributed by atoms with van der Waals surface area (Å²) in [5.74, 6) is 0.140. The van der Waals surface area contributed by atoms with Crippen molar-refractivity contribution in [1.82, 2.24) is 9.97 Å². The van der Waals surface area contributed by atoms with Crippen molar-refractivity contribution in [1.29, 1.82) is 0 Å². The quantitative estimate of drug-likeness (QED) is 0.874. The number of halogens is 1. The number of carbonyl (C=O) groups is 1. The molecule has 0 saturated heterocycles. The van der Waals surface area contributed by atoms with E-state index in [2.05, 4.69) is 31.2 Å². The summed E-state index contributed by atoms with van der Waals surface area (Å²) in [6.07, 6.45) is 3.19. The van der Waals surface area contributed by atoms with Gasteiger partial charge in [0.2, 0.25) is 5.91 Å². The Morgan fingerprint density at radius 2 is 2.10 bits per heavy atom. The van der Waals surface area contributed by atoms with Gasteiger partial charge in [-0.05, 0) is 35.0 Å². The molecule has 0 saturated carbocycles. The Morgan fingerprint density at radius 1 is 1.40 bits per heavy atom. The van der Waals surface area contributed by atoms with E-state index >= 15 is 0 Å². The Kier molecular flexibility index (Phi) is 4.52. The second-order valence-corrected chi connectivity index (χ2v) is 5.00. The summed E-state index contributed by atoms with van der Waals surface area (Å²) in [5.41, 5.74) is 5.93. The zero-order valence-corrected chi connectivity index (χ0v) is 12.3. The highest BCUT2D eigenvalue weighted by molar-refractivity contribution is 9.10. The molecule has 7 heteroatoms. The SMILES string of the molecule is C[C@@H](Nc1cccc(Oc2ncc(Br)cn2)c1)C(N)=O. The van der Waals surface area contributed by atoms with Crippen LogP contribution < -0.4 is 15.8 Å². The highest BCUT2D eigenvalue weighted by Gasteiger charge is 2.08. The lowest BCUT2D eigenvalue weighted by atomic mass is 10.2. The Morgan fingerprint density at radius 3 is 2.75 bits per heavy atom. The zero-order valence-electron chi connectivity index (χ0n) is 10.7. The molecule has 0 unspecified atom stereocenters. The van der Waals surface area contributed by atoms with Gasteiger partial charge in [0.15, 0.2) is 0 Å². The molecule has 0 spiro atoms. The smallest absolute Gasteiger partial charge is 0.321 e. The van der Waals surface area contributed by atoms with E-state index in [0.717, 1.165) is 10.2 Å². The third-order valence-corrected chi connectivity index (χ3v) is 2.86. The number of anilines is 1. The van der Waals surface area contributed by atoms with Gasteiger partial charge >= 0.3 is 6.01 Å². The monoisotopic (exact) mass is 336 g/mol. The van der Waals surface area contributed by atoms with Crippen molar-refractivity contribution in [3.63, 3.8) is 0 Å². The van der Waals surface area contributed by atoms with Crippen LogP contribution in [0.1, 0.15) is 6.92 Å². The number of carbonyl (C=O) groups excluding carboxylic acids is 1. The number of nitrogens with zero attached hydrogens (tertiary/aromatic N) is 2. The molecular formula is C13H13BrN4O2. The second-order valence-electron chi connectivity index (χ2n) is 4.08. The summed E-state index contributed by atoms with van der Waals surface area (Å²) in [6, 6.07) is 6.90. The van der Waals surface area contributed by atoms with Gasteiger partial charge in [-0.2, -0.15) is 0 Å². The summed E-state index contributed by atoms with van der Waals surface area (Å²) in [4.78, 5) is 19.1. The van der Waals surface area contributed by atoms with Crippen molar-refractivity contribution >= 4 is 27.5 Å². The topological polar surface area (TPSA) is 90.1 Å². The van der Waals surface area contributed by atoms with E-state index in [4.69, 9.17) is 10.5 Å². The van der Waals surface area contributed by atoms with Gasteiger partial charge in [-0.15, -0.1) is 0 Å². The molecule has 20 heavy (non-hydrogen) atoms. The van der Waals surface area contributed by atoms with E-state index in [-0.39, 0.29) is 6.01 Å². The zero-order chi connectivity index (χ0) is 14.5. The van der Waals surface area contributed by atoms with Crippen LogP contribution in [0.4, 0.5) is 5.69 Å². The lowest BCUT2D eigenvalue weighted by Crippen LogP contribution is -2.32. The summed E-state index contributed by atoms with van der Waals surface area (Å²) in [7, 11) is 0. The van der Waals surface area contributed by atoms with Crippen LogP contribution >= 0.6 is 15.9 Å². The van der Waals surface area contributed by atoms with Crippen LogP contribution in [0, 0.1) is 0 Å². The van der Waals surface area contributed by atoms with Crippen LogP contribution in [0.25, 0.3) is 0 Å². The average Bonchev–Trinajstić information content (AvgIpc) is 2.42. The first-order valence-electron chi connectivity index (χ1n) is 5.86.